The van der Waals surface area contributed by atoms with E-state index in [1.165, 1.54) is 6.42 Å². The number of nitrogens with zero attached hydrogens (tertiary/aromatic N) is 2. The molecule has 4 aliphatic rings. The molecule has 0 spiro atoms. The summed E-state index contributed by atoms with van der Waals surface area (Å²) in [5, 5.41) is 37.9. The number of carbonyl (C=O) groups excluding carboxylic acids is 2. The fraction of sp³-hybridized carbons (Fsp3) is 0.611. The quantitative estimate of drug-likeness (QED) is 0.234. The molecule has 1 saturated heterocycles. The van der Waals surface area contributed by atoms with Crippen molar-refractivity contribution < 1.29 is 34.5 Å². The van der Waals surface area contributed by atoms with Gasteiger partial charge in [-0.15, -0.1) is 0 Å². The van der Waals surface area contributed by atoms with Gasteiger partial charge in [0.2, 0.25) is 5.91 Å². The summed E-state index contributed by atoms with van der Waals surface area (Å²) in [5.74, 6) is 0.856. The Labute approximate surface area is 278 Å². The van der Waals surface area contributed by atoms with Gasteiger partial charge in [0.05, 0.1) is 33.0 Å². The first kappa shape index (κ1) is 35.1. The average Bonchev–Trinajstić information content (AvgIpc) is 3.42. The third-order valence-electron chi connectivity index (χ3n) is 11.1. The molecule has 2 aromatic carbocycles. The van der Waals surface area contributed by atoms with Crippen LogP contribution in [0.3, 0.4) is 0 Å². The Morgan fingerprint density at radius 3 is 2.51 bits per heavy atom. The second kappa shape index (κ2) is 14.1. The van der Waals surface area contributed by atoms with Gasteiger partial charge in [0.25, 0.3) is 5.91 Å². The van der Waals surface area contributed by atoms with E-state index in [-0.39, 0.29) is 49.6 Å². The molecule has 6 rings (SSSR count). The van der Waals surface area contributed by atoms with Gasteiger partial charge in [0.15, 0.2) is 0 Å². The van der Waals surface area contributed by atoms with Crippen LogP contribution in [0.25, 0.3) is 11.1 Å². The summed E-state index contributed by atoms with van der Waals surface area (Å²) in [5.41, 5.74) is 3.77. The van der Waals surface area contributed by atoms with E-state index in [0.717, 1.165) is 28.8 Å². The van der Waals surface area contributed by atoms with Crippen molar-refractivity contribution in [2.24, 2.45) is 29.1 Å². The van der Waals surface area contributed by atoms with E-state index in [1.807, 2.05) is 43.3 Å². The number of carbonyl (C=O) groups is 2. The minimum absolute atomic E-state index is 0.0366. The topological polar surface area (TPSA) is 144 Å². The van der Waals surface area contributed by atoms with E-state index < -0.39 is 24.2 Å². The maximum atomic E-state index is 14.1. The van der Waals surface area contributed by atoms with E-state index in [4.69, 9.17) is 9.57 Å². The van der Waals surface area contributed by atoms with Gasteiger partial charge in [0, 0.05) is 55.0 Å². The number of amides is 2. The summed E-state index contributed by atoms with van der Waals surface area (Å²) < 4.78 is 5.97. The summed E-state index contributed by atoms with van der Waals surface area (Å²) in [6.45, 7) is 8.31. The average molecular weight is 653 g/mol. The number of methoxy groups -OCH3 is 1. The number of hydrogen-bond acceptors (Lipinski definition) is 9. The predicted molar refractivity (Wildman–Crippen MR) is 180 cm³/mol. The molecule has 3 aliphatic carbocycles. The molecular formula is C36H52N4O7. The summed E-state index contributed by atoms with van der Waals surface area (Å²) in [4.78, 5) is 35.1. The number of aliphatic hydroxyl groups is 3. The molecular weight excluding hydrogens is 600 g/mol. The van der Waals surface area contributed by atoms with Crippen molar-refractivity contribution in [3.8, 4) is 16.9 Å². The molecule has 4 fully saturated rings. The number of anilines is 1. The molecule has 258 valence electrons. The summed E-state index contributed by atoms with van der Waals surface area (Å²) in [6.07, 6.45) is 0.466. The Hall–Kier alpha value is -3.22. The number of benzene rings is 2. The predicted octanol–water partition coefficient (Wildman–Crippen LogP) is 2.81. The van der Waals surface area contributed by atoms with Crippen molar-refractivity contribution in [1.82, 2.24) is 15.7 Å². The van der Waals surface area contributed by atoms with Crippen LogP contribution in [0.5, 0.6) is 5.75 Å². The first-order valence-corrected chi connectivity index (χ1v) is 16.7. The molecule has 8 atom stereocenters. The zero-order valence-electron chi connectivity index (χ0n) is 28.7. The fourth-order valence-corrected chi connectivity index (χ4v) is 8.26. The monoisotopic (exact) mass is 652 g/mol. The minimum Gasteiger partial charge on any atom is -0.496 e. The lowest BCUT2D eigenvalue weighted by atomic mass is 9.45. The molecule has 1 heterocycles. The van der Waals surface area contributed by atoms with Crippen molar-refractivity contribution in [2.75, 3.05) is 45.9 Å². The largest absolute Gasteiger partial charge is 0.496 e. The molecule has 0 aromatic heterocycles. The van der Waals surface area contributed by atoms with Gasteiger partial charge in [-0.3, -0.25) is 14.4 Å². The highest BCUT2D eigenvalue weighted by Crippen LogP contribution is 2.61. The number of ether oxygens (including phenoxy) is 1. The number of hydrogen-bond donors (Lipinski definition) is 5. The Morgan fingerprint density at radius 1 is 1.17 bits per heavy atom. The smallest absolute Gasteiger partial charge is 0.251 e. The van der Waals surface area contributed by atoms with Crippen LogP contribution in [0.4, 0.5) is 5.69 Å². The second-order valence-electron chi connectivity index (χ2n) is 14.4. The fourth-order valence-electron chi connectivity index (χ4n) is 8.26. The van der Waals surface area contributed by atoms with Crippen molar-refractivity contribution in [3.05, 3.63) is 47.5 Å². The Morgan fingerprint density at radius 2 is 1.91 bits per heavy atom. The third kappa shape index (κ3) is 6.73. The Kier molecular flexibility index (Phi) is 10.5. The van der Waals surface area contributed by atoms with Crippen LogP contribution in [0.15, 0.2) is 36.4 Å². The highest BCUT2D eigenvalue weighted by Gasteiger charge is 2.57. The summed E-state index contributed by atoms with van der Waals surface area (Å²) in [7, 11) is 5.37. The maximum absolute atomic E-state index is 14.1. The standard InChI is InChI=1S/C36H52N4O7/c1-20-28-16-25(36(28,3)4)17-29(20)38-35(45)32-31(21(2)43)30(19-42)47-40(32)18-22-9-8-10-27(33(22)46-7)23-13-24(34(44)37-11-12-41)15-26(14-23)39(5)6/h8-10,13-15,20-21,25,28-32,41-43H,11-12,16-19H2,1-7H3,(H,37,44)(H,38,45)/t20-,21-,25+,28-,29-,30-,31-,32-/m0/s1. The van der Waals surface area contributed by atoms with E-state index in [2.05, 4.69) is 31.4 Å². The lowest BCUT2D eigenvalue weighted by Crippen LogP contribution is -2.62. The van der Waals surface area contributed by atoms with Gasteiger partial charge in [-0.25, -0.2) is 0 Å². The van der Waals surface area contributed by atoms with Crippen molar-refractivity contribution in [2.45, 2.75) is 71.4 Å². The molecule has 2 amide bonds. The first-order chi connectivity index (χ1) is 22.3. The molecule has 47 heavy (non-hydrogen) atoms. The number of hydroxylamine groups is 2. The van der Waals surface area contributed by atoms with Crippen LogP contribution in [0, 0.1) is 29.1 Å². The van der Waals surface area contributed by atoms with Crippen molar-refractivity contribution in [1.29, 1.82) is 0 Å². The van der Waals surface area contributed by atoms with Crippen LogP contribution in [-0.2, 0) is 16.2 Å². The molecule has 0 radical (unpaired) electrons. The van der Waals surface area contributed by atoms with E-state index in [0.29, 0.717) is 29.1 Å². The van der Waals surface area contributed by atoms with E-state index in [9.17, 15) is 24.9 Å². The molecule has 11 nitrogen and oxygen atoms in total. The van der Waals surface area contributed by atoms with Crippen LogP contribution in [-0.4, -0.2) is 97.5 Å². The van der Waals surface area contributed by atoms with Crippen LogP contribution < -0.4 is 20.3 Å². The Balaban J connectivity index is 1.46. The molecule has 0 unspecified atom stereocenters. The summed E-state index contributed by atoms with van der Waals surface area (Å²) >= 11 is 0. The van der Waals surface area contributed by atoms with Crippen molar-refractivity contribution in [3.63, 3.8) is 0 Å². The molecule has 3 saturated carbocycles. The highest BCUT2D eigenvalue weighted by molar-refractivity contribution is 5.97. The molecule has 2 bridgehead atoms. The highest BCUT2D eigenvalue weighted by atomic mass is 16.7. The van der Waals surface area contributed by atoms with Gasteiger partial charge >= 0.3 is 0 Å². The molecule has 1 aliphatic heterocycles. The van der Waals surface area contributed by atoms with Gasteiger partial charge in [0.1, 0.15) is 17.9 Å². The van der Waals surface area contributed by atoms with E-state index in [1.54, 1.807) is 31.2 Å². The zero-order valence-corrected chi connectivity index (χ0v) is 28.7. The van der Waals surface area contributed by atoms with Crippen LogP contribution in [0.1, 0.15) is 56.5 Å². The normalized spacial score (nSPS) is 28.7. The SMILES string of the molecule is COc1c(CN2O[C@@H](CO)[C@H]([C@H](C)O)[C@H]2C(=O)N[C@H]2C[C@H]3C[C@@H]([C@@H]2C)C3(C)C)cccc1-c1cc(C(=O)NCCO)cc(N(C)C)c1. The van der Waals surface area contributed by atoms with Gasteiger partial charge in [-0.1, -0.05) is 39.0 Å². The molecule has 5 N–H and O–H groups in total. The maximum Gasteiger partial charge on any atom is 0.251 e. The minimum atomic E-state index is -0.901. The number of fused-ring (bicyclic) bond motifs is 2. The van der Waals surface area contributed by atoms with Gasteiger partial charge in [-0.05, 0) is 66.7 Å². The lowest BCUT2D eigenvalue weighted by molar-refractivity contribution is -0.183. The van der Waals surface area contributed by atoms with Gasteiger partial charge < -0.3 is 35.6 Å². The Bertz CT molecular complexity index is 1450. The molecule has 2 aromatic rings. The lowest BCUT2D eigenvalue weighted by Gasteiger charge is -2.62. The van der Waals surface area contributed by atoms with Crippen LogP contribution >= 0.6 is 0 Å². The van der Waals surface area contributed by atoms with Crippen molar-refractivity contribution >= 4 is 17.5 Å². The number of aliphatic hydroxyl groups excluding tert-OH is 3. The van der Waals surface area contributed by atoms with Crippen LogP contribution in [0.2, 0.25) is 0 Å². The first-order valence-electron chi connectivity index (χ1n) is 16.7. The summed E-state index contributed by atoms with van der Waals surface area (Å²) in [6, 6.07) is 10.4. The molecule has 11 heteroatoms. The zero-order chi connectivity index (χ0) is 34.2. The number of rotatable bonds is 12. The van der Waals surface area contributed by atoms with E-state index >= 15 is 0 Å². The number of nitrogens with one attached hydrogen (secondary N) is 2. The van der Waals surface area contributed by atoms with Gasteiger partial charge in [-0.2, -0.15) is 5.06 Å². The third-order valence-corrected chi connectivity index (χ3v) is 11.1. The number of para-hydroxylation sites is 1. The second-order valence-corrected chi connectivity index (χ2v) is 14.4.